The molecule has 1 heterocycles. The molecule has 1 saturated heterocycles. The first-order chi connectivity index (χ1) is 9.41. The van der Waals surface area contributed by atoms with Crippen molar-refractivity contribution in [2.24, 2.45) is 5.92 Å². The van der Waals surface area contributed by atoms with Gasteiger partial charge in [-0.15, -0.1) is 0 Å². The summed E-state index contributed by atoms with van der Waals surface area (Å²) in [6, 6.07) is 4.44. The monoisotopic (exact) mass is 278 g/mol. The molecular weight excluding hydrogens is 260 g/mol. The van der Waals surface area contributed by atoms with E-state index in [0.29, 0.717) is 18.7 Å². The minimum absolute atomic E-state index is 0.0848. The topological polar surface area (TPSA) is 83.7 Å². The van der Waals surface area contributed by atoms with E-state index in [1.54, 1.807) is 13.0 Å². The van der Waals surface area contributed by atoms with Crippen molar-refractivity contribution in [3.8, 4) is 0 Å². The molecule has 0 aromatic heterocycles. The third kappa shape index (κ3) is 2.65. The highest BCUT2D eigenvalue weighted by Crippen LogP contribution is 2.28. The average Bonchev–Trinajstić information content (AvgIpc) is 2.72. The summed E-state index contributed by atoms with van der Waals surface area (Å²) in [5.74, 6) is -0.718. The second-order valence-corrected chi connectivity index (χ2v) is 5.34. The lowest BCUT2D eigenvalue weighted by molar-refractivity contribution is -0.385. The molecule has 1 fully saturated rings. The second kappa shape index (κ2) is 5.58. The summed E-state index contributed by atoms with van der Waals surface area (Å²) in [5.41, 5.74) is 1.52. The van der Waals surface area contributed by atoms with Gasteiger partial charge in [0.05, 0.1) is 4.92 Å². The van der Waals surface area contributed by atoms with Crippen LogP contribution in [0.15, 0.2) is 18.2 Å². The Hall–Kier alpha value is -1.95. The minimum Gasteiger partial charge on any atom is -0.480 e. The number of nitro groups is 1. The van der Waals surface area contributed by atoms with E-state index in [-0.39, 0.29) is 11.6 Å². The zero-order valence-electron chi connectivity index (χ0n) is 11.6. The minimum atomic E-state index is -0.821. The van der Waals surface area contributed by atoms with Gasteiger partial charge in [-0.1, -0.05) is 19.1 Å². The van der Waals surface area contributed by atoms with Crippen LogP contribution in [0.2, 0.25) is 0 Å². The molecule has 20 heavy (non-hydrogen) atoms. The molecule has 108 valence electrons. The Labute approximate surface area is 117 Å². The number of nitro benzene ring substituents is 1. The lowest BCUT2D eigenvalue weighted by Gasteiger charge is -2.23. The van der Waals surface area contributed by atoms with Gasteiger partial charge in [-0.2, -0.15) is 0 Å². The molecule has 2 unspecified atom stereocenters. The molecule has 1 aliphatic rings. The SMILES string of the molecule is Cc1c(CN2CCC(C)C2C(=O)O)cccc1[N+](=O)[O-]. The van der Waals surface area contributed by atoms with Crippen LogP contribution in [0, 0.1) is 23.0 Å². The average molecular weight is 278 g/mol. The molecule has 2 atom stereocenters. The number of hydrogen-bond donors (Lipinski definition) is 1. The van der Waals surface area contributed by atoms with E-state index < -0.39 is 16.9 Å². The van der Waals surface area contributed by atoms with Crippen molar-refractivity contribution >= 4 is 11.7 Å². The molecule has 0 aliphatic carbocycles. The maximum Gasteiger partial charge on any atom is 0.321 e. The van der Waals surface area contributed by atoms with Gasteiger partial charge in [-0.3, -0.25) is 19.8 Å². The van der Waals surface area contributed by atoms with Gasteiger partial charge >= 0.3 is 5.97 Å². The number of likely N-dealkylation sites (tertiary alicyclic amines) is 1. The summed E-state index contributed by atoms with van der Waals surface area (Å²) in [7, 11) is 0. The summed E-state index contributed by atoms with van der Waals surface area (Å²) in [6.45, 7) is 4.79. The van der Waals surface area contributed by atoms with Crippen molar-refractivity contribution in [2.45, 2.75) is 32.9 Å². The van der Waals surface area contributed by atoms with Crippen molar-refractivity contribution in [3.05, 3.63) is 39.4 Å². The molecule has 1 N–H and O–H groups in total. The Morgan fingerprint density at radius 2 is 2.25 bits per heavy atom. The first-order valence-corrected chi connectivity index (χ1v) is 6.61. The fourth-order valence-corrected chi connectivity index (χ4v) is 2.86. The fourth-order valence-electron chi connectivity index (χ4n) is 2.86. The van der Waals surface area contributed by atoms with E-state index in [1.807, 2.05) is 17.9 Å². The number of hydrogen-bond acceptors (Lipinski definition) is 4. The van der Waals surface area contributed by atoms with Gasteiger partial charge in [0.2, 0.25) is 0 Å². The van der Waals surface area contributed by atoms with Crippen molar-refractivity contribution in [1.82, 2.24) is 4.90 Å². The van der Waals surface area contributed by atoms with Crippen LogP contribution in [-0.4, -0.2) is 33.5 Å². The van der Waals surface area contributed by atoms with Gasteiger partial charge in [-0.05, 0) is 31.4 Å². The normalized spacial score (nSPS) is 22.9. The summed E-state index contributed by atoms with van der Waals surface area (Å²) >= 11 is 0. The van der Waals surface area contributed by atoms with E-state index >= 15 is 0 Å². The molecule has 6 nitrogen and oxygen atoms in total. The van der Waals surface area contributed by atoms with Gasteiger partial charge in [0.25, 0.3) is 5.69 Å². The first kappa shape index (κ1) is 14.5. The molecule has 6 heteroatoms. The van der Waals surface area contributed by atoms with E-state index in [0.717, 1.165) is 12.0 Å². The fraction of sp³-hybridized carbons (Fsp3) is 0.500. The lowest BCUT2D eigenvalue weighted by Crippen LogP contribution is -2.38. The van der Waals surface area contributed by atoms with Crippen molar-refractivity contribution in [1.29, 1.82) is 0 Å². The highest BCUT2D eigenvalue weighted by atomic mass is 16.6. The third-order valence-corrected chi connectivity index (χ3v) is 4.04. The Balaban J connectivity index is 2.24. The number of rotatable bonds is 4. The van der Waals surface area contributed by atoms with Gasteiger partial charge in [0.1, 0.15) is 6.04 Å². The van der Waals surface area contributed by atoms with Crippen LogP contribution in [0.3, 0.4) is 0 Å². The molecule has 1 aliphatic heterocycles. The highest BCUT2D eigenvalue weighted by molar-refractivity contribution is 5.74. The smallest absolute Gasteiger partial charge is 0.321 e. The Morgan fingerprint density at radius 1 is 1.55 bits per heavy atom. The van der Waals surface area contributed by atoms with Crippen LogP contribution in [0.1, 0.15) is 24.5 Å². The lowest BCUT2D eigenvalue weighted by atomic mass is 10.0. The van der Waals surface area contributed by atoms with Gasteiger partial charge in [0.15, 0.2) is 0 Å². The zero-order valence-corrected chi connectivity index (χ0v) is 11.6. The molecule has 0 bridgehead atoms. The summed E-state index contributed by atoms with van der Waals surface area (Å²) in [4.78, 5) is 23.7. The van der Waals surface area contributed by atoms with Crippen LogP contribution >= 0.6 is 0 Å². The molecule has 0 amide bonds. The number of benzene rings is 1. The molecule has 1 aromatic rings. The zero-order chi connectivity index (χ0) is 14.9. The summed E-state index contributed by atoms with van der Waals surface area (Å²) in [5, 5.41) is 20.2. The predicted octanol–water partition coefficient (Wildman–Crippen LogP) is 2.20. The Morgan fingerprint density at radius 3 is 2.85 bits per heavy atom. The number of carbonyl (C=O) groups is 1. The molecular formula is C14H18N2O4. The van der Waals surface area contributed by atoms with Crippen LogP contribution in [0.5, 0.6) is 0 Å². The van der Waals surface area contributed by atoms with Crippen molar-refractivity contribution in [3.63, 3.8) is 0 Å². The number of carboxylic acids is 1. The van der Waals surface area contributed by atoms with Gasteiger partial charge in [-0.25, -0.2) is 0 Å². The van der Waals surface area contributed by atoms with Crippen molar-refractivity contribution in [2.75, 3.05) is 6.54 Å². The number of aliphatic carboxylic acids is 1. The first-order valence-electron chi connectivity index (χ1n) is 6.61. The van der Waals surface area contributed by atoms with Gasteiger partial charge < -0.3 is 5.11 Å². The van der Waals surface area contributed by atoms with E-state index in [1.165, 1.54) is 6.07 Å². The highest BCUT2D eigenvalue weighted by Gasteiger charge is 2.36. The van der Waals surface area contributed by atoms with E-state index in [2.05, 4.69) is 0 Å². The quantitative estimate of drug-likeness (QED) is 0.674. The van der Waals surface area contributed by atoms with Gasteiger partial charge in [0, 0.05) is 18.2 Å². The summed E-state index contributed by atoms with van der Waals surface area (Å²) < 4.78 is 0. The maximum atomic E-state index is 11.3. The molecule has 1 aromatic carbocycles. The number of nitrogens with zero attached hydrogens (tertiary/aromatic N) is 2. The van der Waals surface area contributed by atoms with Crippen LogP contribution in [-0.2, 0) is 11.3 Å². The van der Waals surface area contributed by atoms with Crippen LogP contribution in [0.25, 0.3) is 0 Å². The standard InChI is InChI=1S/C14H18N2O4/c1-9-6-7-15(13(9)14(17)18)8-11-4-3-5-12(10(11)2)16(19)20/h3-5,9,13H,6-8H2,1-2H3,(H,17,18). The maximum absolute atomic E-state index is 11.3. The third-order valence-electron chi connectivity index (χ3n) is 4.04. The van der Waals surface area contributed by atoms with Crippen LogP contribution in [0.4, 0.5) is 5.69 Å². The van der Waals surface area contributed by atoms with E-state index in [4.69, 9.17) is 0 Å². The molecule has 0 saturated carbocycles. The molecule has 2 rings (SSSR count). The second-order valence-electron chi connectivity index (χ2n) is 5.34. The Bertz CT molecular complexity index is 544. The van der Waals surface area contributed by atoms with E-state index in [9.17, 15) is 20.0 Å². The molecule has 0 radical (unpaired) electrons. The molecule has 0 spiro atoms. The van der Waals surface area contributed by atoms with Crippen LogP contribution < -0.4 is 0 Å². The van der Waals surface area contributed by atoms with Crippen molar-refractivity contribution < 1.29 is 14.8 Å². The summed E-state index contributed by atoms with van der Waals surface area (Å²) in [6.07, 6.45) is 0.838. The number of carboxylic acid groups (broad SMARTS) is 1. The predicted molar refractivity (Wildman–Crippen MR) is 73.4 cm³/mol. The Kier molecular flexibility index (Phi) is 4.04. The largest absolute Gasteiger partial charge is 0.480 e.